The number of aromatic nitrogens is 1. The zero-order chi connectivity index (χ0) is 11.4. The molecule has 1 aromatic heterocycles. The molecule has 0 saturated heterocycles. The normalized spacial score (nSPS) is 23.7. The molecule has 0 aromatic carbocycles. The van der Waals surface area contributed by atoms with Gasteiger partial charge in [-0.05, 0) is 42.5 Å². The first kappa shape index (κ1) is 11.6. The fourth-order valence-electron chi connectivity index (χ4n) is 2.42. The van der Waals surface area contributed by atoms with Crippen molar-refractivity contribution in [2.75, 3.05) is 13.1 Å². The van der Waals surface area contributed by atoms with Crippen LogP contribution in [-0.2, 0) is 6.54 Å². The summed E-state index contributed by atoms with van der Waals surface area (Å²) in [6.07, 6.45) is 6.57. The number of pyridine rings is 1. The van der Waals surface area contributed by atoms with E-state index in [9.17, 15) is 0 Å². The zero-order valence-corrected chi connectivity index (χ0v) is 10.4. The molecule has 2 nitrogen and oxygen atoms in total. The van der Waals surface area contributed by atoms with E-state index in [1.165, 1.54) is 24.9 Å². The Morgan fingerprint density at radius 2 is 2.00 bits per heavy atom. The lowest BCUT2D eigenvalue weighted by Gasteiger charge is -2.20. The van der Waals surface area contributed by atoms with Gasteiger partial charge in [-0.15, -0.1) is 0 Å². The number of hydrogen-bond acceptors (Lipinski definition) is 2. The Morgan fingerprint density at radius 1 is 1.25 bits per heavy atom. The largest absolute Gasteiger partial charge is 0.299 e. The van der Waals surface area contributed by atoms with E-state index in [1.54, 1.807) is 0 Å². The summed E-state index contributed by atoms with van der Waals surface area (Å²) in [6, 6.07) is 4.24. The van der Waals surface area contributed by atoms with E-state index >= 15 is 0 Å². The summed E-state index contributed by atoms with van der Waals surface area (Å²) in [5.41, 5.74) is 1.38. The van der Waals surface area contributed by atoms with Gasteiger partial charge < -0.3 is 0 Å². The Bertz CT molecular complexity index is 310. The summed E-state index contributed by atoms with van der Waals surface area (Å²) in [6.45, 7) is 8.06. The average Bonchev–Trinajstić information content (AvgIpc) is 3.08. The second-order valence-electron chi connectivity index (χ2n) is 4.85. The number of hydrogen-bond donors (Lipinski definition) is 0. The highest BCUT2D eigenvalue weighted by atomic mass is 15.1. The first-order valence-electron chi connectivity index (χ1n) is 6.44. The molecule has 1 aromatic rings. The molecule has 1 fully saturated rings. The minimum Gasteiger partial charge on any atom is -0.299 e. The van der Waals surface area contributed by atoms with Crippen LogP contribution in [0.1, 0.15) is 32.3 Å². The third-order valence-corrected chi connectivity index (χ3v) is 3.69. The van der Waals surface area contributed by atoms with Gasteiger partial charge >= 0.3 is 0 Å². The lowest BCUT2D eigenvalue weighted by atomic mass is 10.2. The molecule has 0 amide bonds. The van der Waals surface area contributed by atoms with E-state index in [0.29, 0.717) is 0 Å². The Morgan fingerprint density at radius 3 is 2.56 bits per heavy atom. The van der Waals surface area contributed by atoms with Crippen molar-refractivity contribution in [2.24, 2.45) is 11.8 Å². The molecule has 1 heterocycles. The van der Waals surface area contributed by atoms with Gasteiger partial charge in [-0.1, -0.05) is 20.3 Å². The van der Waals surface area contributed by atoms with Crippen LogP contribution in [0.2, 0.25) is 0 Å². The molecule has 16 heavy (non-hydrogen) atoms. The molecule has 2 rings (SSSR count). The fraction of sp³-hybridized carbons (Fsp3) is 0.643. The maximum absolute atomic E-state index is 4.06. The molecule has 1 aliphatic carbocycles. The molecule has 2 atom stereocenters. The van der Waals surface area contributed by atoms with E-state index in [1.807, 2.05) is 12.4 Å². The van der Waals surface area contributed by atoms with Crippen molar-refractivity contribution >= 4 is 0 Å². The van der Waals surface area contributed by atoms with Gasteiger partial charge in [-0.2, -0.15) is 0 Å². The monoisotopic (exact) mass is 218 g/mol. The van der Waals surface area contributed by atoms with E-state index in [0.717, 1.165) is 24.9 Å². The molecule has 2 unspecified atom stereocenters. The van der Waals surface area contributed by atoms with E-state index in [-0.39, 0.29) is 0 Å². The highest BCUT2D eigenvalue weighted by Crippen LogP contribution is 2.41. The minimum atomic E-state index is 0.965. The van der Waals surface area contributed by atoms with Crippen LogP contribution in [0.4, 0.5) is 0 Å². The predicted octanol–water partition coefficient (Wildman–Crippen LogP) is 2.95. The van der Waals surface area contributed by atoms with Crippen LogP contribution in [-0.4, -0.2) is 23.0 Å². The molecular weight excluding hydrogens is 196 g/mol. The van der Waals surface area contributed by atoms with Crippen molar-refractivity contribution in [1.29, 1.82) is 0 Å². The number of rotatable bonds is 6. The van der Waals surface area contributed by atoms with Crippen LogP contribution < -0.4 is 0 Å². The quantitative estimate of drug-likeness (QED) is 0.730. The summed E-state index contributed by atoms with van der Waals surface area (Å²) in [5.74, 6) is 1.97. The van der Waals surface area contributed by atoms with Crippen LogP contribution in [0.3, 0.4) is 0 Å². The standard InChI is InChI=1S/C14H22N2/c1-3-13-9-14(13)11-16(4-2)10-12-5-7-15-8-6-12/h5-8,13-14H,3-4,9-11H2,1-2H3. The summed E-state index contributed by atoms with van der Waals surface area (Å²) >= 11 is 0. The molecule has 0 bridgehead atoms. The topological polar surface area (TPSA) is 16.1 Å². The summed E-state index contributed by atoms with van der Waals surface area (Å²) in [5, 5.41) is 0. The molecule has 0 radical (unpaired) electrons. The lowest BCUT2D eigenvalue weighted by molar-refractivity contribution is 0.262. The van der Waals surface area contributed by atoms with Crippen molar-refractivity contribution < 1.29 is 0 Å². The molecular formula is C14H22N2. The van der Waals surface area contributed by atoms with Gasteiger partial charge in [0.1, 0.15) is 0 Å². The summed E-state index contributed by atoms with van der Waals surface area (Å²) < 4.78 is 0. The zero-order valence-electron chi connectivity index (χ0n) is 10.4. The van der Waals surface area contributed by atoms with Gasteiger partial charge in [0.2, 0.25) is 0 Å². The molecule has 0 aliphatic heterocycles. The maximum atomic E-state index is 4.06. The number of nitrogens with zero attached hydrogens (tertiary/aromatic N) is 2. The molecule has 0 spiro atoms. The van der Waals surface area contributed by atoms with E-state index in [2.05, 4.69) is 35.9 Å². The SMILES string of the molecule is CCC1CC1CN(CC)Cc1ccncc1. The fourth-order valence-corrected chi connectivity index (χ4v) is 2.42. The van der Waals surface area contributed by atoms with Crippen molar-refractivity contribution in [2.45, 2.75) is 33.2 Å². The third kappa shape index (κ3) is 3.05. The summed E-state index contributed by atoms with van der Waals surface area (Å²) in [4.78, 5) is 6.61. The van der Waals surface area contributed by atoms with Crippen molar-refractivity contribution in [1.82, 2.24) is 9.88 Å². The second-order valence-corrected chi connectivity index (χ2v) is 4.85. The van der Waals surface area contributed by atoms with Crippen molar-refractivity contribution in [3.8, 4) is 0 Å². The Labute approximate surface area is 98.7 Å². The molecule has 1 aliphatic rings. The van der Waals surface area contributed by atoms with E-state index < -0.39 is 0 Å². The van der Waals surface area contributed by atoms with Gasteiger partial charge in [-0.3, -0.25) is 9.88 Å². The second kappa shape index (κ2) is 5.44. The third-order valence-electron chi connectivity index (χ3n) is 3.69. The molecule has 88 valence electrons. The van der Waals surface area contributed by atoms with Gasteiger partial charge in [0.15, 0.2) is 0 Å². The molecule has 1 saturated carbocycles. The Hall–Kier alpha value is -0.890. The van der Waals surface area contributed by atoms with Gasteiger partial charge in [0.05, 0.1) is 0 Å². The van der Waals surface area contributed by atoms with Crippen LogP contribution in [0.25, 0.3) is 0 Å². The van der Waals surface area contributed by atoms with Crippen LogP contribution in [0, 0.1) is 11.8 Å². The molecule has 0 N–H and O–H groups in total. The minimum absolute atomic E-state index is 0.965. The van der Waals surface area contributed by atoms with E-state index in [4.69, 9.17) is 0 Å². The predicted molar refractivity (Wildman–Crippen MR) is 67.1 cm³/mol. The first-order chi connectivity index (χ1) is 7.83. The average molecular weight is 218 g/mol. The van der Waals surface area contributed by atoms with Crippen LogP contribution >= 0.6 is 0 Å². The highest BCUT2D eigenvalue weighted by Gasteiger charge is 2.35. The van der Waals surface area contributed by atoms with Crippen molar-refractivity contribution in [3.05, 3.63) is 30.1 Å². The van der Waals surface area contributed by atoms with Gasteiger partial charge in [0.25, 0.3) is 0 Å². The first-order valence-corrected chi connectivity index (χ1v) is 6.44. The Balaban J connectivity index is 1.82. The van der Waals surface area contributed by atoms with Crippen LogP contribution in [0.15, 0.2) is 24.5 Å². The maximum Gasteiger partial charge on any atom is 0.0271 e. The van der Waals surface area contributed by atoms with Gasteiger partial charge in [0, 0.05) is 25.5 Å². The van der Waals surface area contributed by atoms with Crippen molar-refractivity contribution in [3.63, 3.8) is 0 Å². The van der Waals surface area contributed by atoms with Crippen LogP contribution in [0.5, 0.6) is 0 Å². The smallest absolute Gasteiger partial charge is 0.0271 e. The summed E-state index contributed by atoms with van der Waals surface area (Å²) in [7, 11) is 0. The highest BCUT2D eigenvalue weighted by molar-refractivity contribution is 5.09. The molecule has 2 heteroatoms. The van der Waals surface area contributed by atoms with Gasteiger partial charge in [-0.25, -0.2) is 0 Å². The lowest BCUT2D eigenvalue weighted by Crippen LogP contribution is -2.25. The Kier molecular flexibility index (Phi) is 3.94.